The van der Waals surface area contributed by atoms with Gasteiger partial charge in [-0.15, -0.1) is 12.4 Å². The zero-order valence-electron chi connectivity index (χ0n) is 12.8. The summed E-state index contributed by atoms with van der Waals surface area (Å²) >= 11 is 0. The second-order valence-electron chi connectivity index (χ2n) is 5.05. The maximum atomic E-state index is 11.6. The summed E-state index contributed by atoms with van der Waals surface area (Å²) in [5.74, 6) is -0.285. The Kier molecular flexibility index (Phi) is 5.66. The average molecular weight is 331 g/mol. The van der Waals surface area contributed by atoms with Crippen molar-refractivity contribution in [2.75, 3.05) is 11.9 Å². The zero-order valence-corrected chi connectivity index (χ0v) is 13.7. The lowest BCUT2D eigenvalue weighted by molar-refractivity contribution is 0.0526. The molecule has 2 N–H and O–H groups in total. The summed E-state index contributed by atoms with van der Waals surface area (Å²) in [6, 6.07) is 15.7. The minimum absolute atomic E-state index is 0. The molecule has 0 fully saturated rings. The first kappa shape index (κ1) is 16.9. The summed E-state index contributed by atoms with van der Waals surface area (Å²) in [5, 5.41) is 4.56. The summed E-state index contributed by atoms with van der Waals surface area (Å²) < 4.78 is 4.97. The van der Waals surface area contributed by atoms with Crippen molar-refractivity contribution in [1.82, 2.24) is 4.98 Å². The van der Waals surface area contributed by atoms with Gasteiger partial charge >= 0.3 is 5.97 Å². The average Bonchev–Trinajstić information content (AvgIpc) is 3.01. The van der Waals surface area contributed by atoms with Gasteiger partial charge in [0.15, 0.2) is 0 Å². The number of halogens is 1. The van der Waals surface area contributed by atoms with Crippen LogP contribution in [0.1, 0.15) is 22.8 Å². The molecule has 0 radical (unpaired) electrons. The van der Waals surface area contributed by atoms with E-state index in [0.29, 0.717) is 12.2 Å². The molecule has 0 atom stereocenters. The minimum atomic E-state index is -0.285. The lowest BCUT2D eigenvalue weighted by Gasteiger charge is -2.08. The largest absolute Gasteiger partial charge is 0.462 e. The van der Waals surface area contributed by atoms with Crippen molar-refractivity contribution in [1.29, 1.82) is 0 Å². The molecule has 4 nitrogen and oxygen atoms in total. The van der Waals surface area contributed by atoms with Crippen molar-refractivity contribution in [3.63, 3.8) is 0 Å². The van der Waals surface area contributed by atoms with Gasteiger partial charge in [-0.2, -0.15) is 0 Å². The summed E-state index contributed by atoms with van der Waals surface area (Å²) in [6.45, 7) is 2.93. The van der Waals surface area contributed by atoms with Crippen LogP contribution in [0.4, 0.5) is 5.69 Å². The van der Waals surface area contributed by atoms with Crippen LogP contribution in [0, 0.1) is 0 Å². The lowest BCUT2D eigenvalue weighted by Crippen LogP contribution is -2.05. The molecule has 3 aromatic rings. The first-order chi connectivity index (χ1) is 10.8. The number of carbonyl (C=O) groups is 1. The third-order valence-corrected chi connectivity index (χ3v) is 3.51. The first-order valence-corrected chi connectivity index (χ1v) is 7.33. The summed E-state index contributed by atoms with van der Waals surface area (Å²) in [4.78, 5) is 14.8. The van der Waals surface area contributed by atoms with Gasteiger partial charge in [-0.25, -0.2) is 4.79 Å². The number of rotatable bonds is 5. The minimum Gasteiger partial charge on any atom is -0.462 e. The van der Waals surface area contributed by atoms with E-state index in [9.17, 15) is 4.79 Å². The maximum absolute atomic E-state index is 11.6. The number of hydrogen-bond donors (Lipinski definition) is 2. The van der Waals surface area contributed by atoms with Gasteiger partial charge in [-0.1, -0.05) is 6.07 Å². The molecule has 2 aromatic carbocycles. The molecule has 0 saturated carbocycles. The molecular formula is C18H19ClN2O2. The van der Waals surface area contributed by atoms with Gasteiger partial charge in [0.2, 0.25) is 0 Å². The number of anilines is 1. The number of nitrogens with one attached hydrogen (secondary N) is 2. The van der Waals surface area contributed by atoms with E-state index >= 15 is 0 Å². The van der Waals surface area contributed by atoms with Crippen LogP contribution >= 0.6 is 12.4 Å². The van der Waals surface area contributed by atoms with Crippen molar-refractivity contribution < 1.29 is 9.53 Å². The summed E-state index contributed by atoms with van der Waals surface area (Å²) in [6.07, 6.45) is 1.94. The van der Waals surface area contributed by atoms with E-state index in [0.717, 1.165) is 17.7 Å². The molecule has 0 aliphatic heterocycles. The van der Waals surface area contributed by atoms with Gasteiger partial charge in [0, 0.05) is 23.9 Å². The van der Waals surface area contributed by atoms with Crippen molar-refractivity contribution in [2.45, 2.75) is 13.5 Å². The summed E-state index contributed by atoms with van der Waals surface area (Å²) in [7, 11) is 0. The molecule has 0 aliphatic rings. The fourth-order valence-electron chi connectivity index (χ4n) is 2.36. The molecule has 5 heteroatoms. The Bertz CT molecular complexity index is 781. The van der Waals surface area contributed by atoms with Crippen molar-refractivity contribution >= 4 is 35.0 Å². The number of carbonyl (C=O) groups excluding carboxylic acids is 1. The highest BCUT2D eigenvalue weighted by Crippen LogP contribution is 2.16. The first-order valence-electron chi connectivity index (χ1n) is 7.33. The Hall–Kier alpha value is -2.46. The second kappa shape index (κ2) is 7.70. The highest BCUT2D eigenvalue weighted by molar-refractivity contribution is 5.89. The molecule has 1 heterocycles. The van der Waals surface area contributed by atoms with E-state index in [-0.39, 0.29) is 18.4 Å². The van der Waals surface area contributed by atoms with Crippen molar-refractivity contribution in [3.8, 4) is 0 Å². The quantitative estimate of drug-likeness (QED) is 0.683. The highest BCUT2D eigenvalue weighted by Gasteiger charge is 2.05. The van der Waals surface area contributed by atoms with E-state index in [1.165, 1.54) is 10.9 Å². The molecule has 0 saturated heterocycles. The van der Waals surface area contributed by atoms with Crippen LogP contribution in [-0.4, -0.2) is 17.6 Å². The Labute approximate surface area is 141 Å². The van der Waals surface area contributed by atoms with Crippen molar-refractivity contribution in [2.24, 2.45) is 0 Å². The standard InChI is InChI=1S/C18H18N2O2.ClH/c1-2-22-18(21)14-4-6-16(7-5-14)20-12-13-3-8-17-15(11-13)9-10-19-17;/h3-11,19-20H,2,12H2,1H3;1H. The van der Waals surface area contributed by atoms with E-state index in [1.54, 1.807) is 19.1 Å². The van der Waals surface area contributed by atoms with Gasteiger partial charge < -0.3 is 15.0 Å². The number of hydrogen-bond acceptors (Lipinski definition) is 3. The van der Waals surface area contributed by atoms with Crippen LogP contribution in [0.15, 0.2) is 54.7 Å². The molecule has 0 spiro atoms. The van der Waals surface area contributed by atoms with E-state index in [4.69, 9.17) is 4.74 Å². The number of aromatic nitrogens is 1. The normalized spacial score (nSPS) is 10.1. The SMILES string of the molecule is CCOC(=O)c1ccc(NCc2ccc3[nH]ccc3c2)cc1.Cl. The Morgan fingerprint density at radius 3 is 2.65 bits per heavy atom. The molecule has 120 valence electrons. The lowest BCUT2D eigenvalue weighted by atomic mass is 10.1. The predicted octanol–water partition coefficient (Wildman–Crippen LogP) is 4.38. The van der Waals surface area contributed by atoms with E-state index in [2.05, 4.69) is 34.6 Å². The van der Waals surface area contributed by atoms with Gasteiger partial charge in [0.05, 0.1) is 12.2 Å². The Morgan fingerprint density at radius 2 is 1.91 bits per heavy atom. The second-order valence-corrected chi connectivity index (χ2v) is 5.05. The highest BCUT2D eigenvalue weighted by atomic mass is 35.5. The number of aromatic amines is 1. The molecule has 0 aliphatic carbocycles. The predicted molar refractivity (Wildman–Crippen MR) is 95.3 cm³/mol. The van der Waals surface area contributed by atoms with Gasteiger partial charge in [-0.05, 0) is 60.3 Å². The van der Waals surface area contributed by atoms with Crippen molar-refractivity contribution in [3.05, 3.63) is 65.9 Å². The van der Waals surface area contributed by atoms with Gasteiger partial charge in [0.25, 0.3) is 0 Å². The van der Waals surface area contributed by atoms with Crippen LogP contribution < -0.4 is 5.32 Å². The topological polar surface area (TPSA) is 54.1 Å². The molecule has 3 rings (SSSR count). The Balaban J connectivity index is 0.00000192. The number of H-pyrrole nitrogens is 1. The number of esters is 1. The fourth-order valence-corrected chi connectivity index (χ4v) is 2.36. The number of fused-ring (bicyclic) bond motifs is 1. The molecule has 1 aromatic heterocycles. The van der Waals surface area contributed by atoms with Crippen LogP contribution in [0.5, 0.6) is 0 Å². The number of benzene rings is 2. The third-order valence-electron chi connectivity index (χ3n) is 3.51. The molecule has 0 bridgehead atoms. The molecule has 0 amide bonds. The fraction of sp³-hybridized carbons (Fsp3) is 0.167. The van der Waals surface area contributed by atoms with Crippen LogP contribution in [0.3, 0.4) is 0 Å². The van der Waals surface area contributed by atoms with Crippen LogP contribution in [0.2, 0.25) is 0 Å². The third kappa shape index (κ3) is 4.05. The van der Waals surface area contributed by atoms with Crippen LogP contribution in [-0.2, 0) is 11.3 Å². The Morgan fingerprint density at radius 1 is 1.13 bits per heavy atom. The van der Waals surface area contributed by atoms with Gasteiger partial charge in [0.1, 0.15) is 0 Å². The molecule has 23 heavy (non-hydrogen) atoms. The molecular weight excluding hydrogens is 312 g/mol. The smallest absolute Gasteiger partial charge is 0.338 e. The van der Waals surface area contributed by atoms with Gasteiger partial charge in [-0.3, -0.25) is 0 Å². The molecule has 0 unspecified atom stereocenters. The maximum Gasteiger partial charge on any atom is 0.338 e. The zero-order chi connectivity index (χ0) is 15.4. The summed E-state index contributed by atoms with van der Waals surface area (Å²) in [5.41, 5.74) is 3.90. The van der Waals surface area contributed by atoms with E-state index < -0.39 is 0 Å². The van der Waals surface area contributed by atoms with Crippen LogP contribution in [0.25, 0.3) is 10.9 Å². The number of ether oxygens (including phenoxy) is 1. The monoisotopic (exact) mass is 330 g/mol. The van der Waals surface area contributed by atoms with E-state index in [1.807, 2.05) is 18.3 Å².